The molecule has 1 aliphatic heterocycles. The molecule has 0 aromatic carbocycles. The highest BCUT2D eigenvalue weighted by atomic mass is 32.1. The van der Waals surface area contributed by atoms with Crippen LogP contribution in [0.1, 0.15) is 32.9 Å². The highest BCUT2D eigenvalue weighted by Crippen LogP contribution is 2.39. The number of nitrogen functional groups attached to an aromatic ring is 1. The molecule has 6 N–H and O–H groups in total. The van der Waals surface area contributed by atoms with E-state index >= 15 is 0 Å². The van der Waals surface area contributed by atoms with Gasteiger partial charge in [-0.15, -0.1) is 11.3 Å². The van der Waals surface area contributed by atoms with Crippen LogP contribution < -0.4 is 22.1 Å². The van der Waals surface area contributed by atoms with Gasteiger partial charge in [0.15, 0.2) is 0 Å². The molecule has 1 atom stereocenters. The van der Waals surface area contributed by atoms with E-state index in [2.05, 4.69) is 0 Å². The van der Waals surface area contributed by atoms with E-state index in [0.29, 0.717) is 11.5 Å². The molecule has 1 aromatic heterocycles. The van der Waals surface area contributed by atoms with Crippen molar-refractivity contribution >= 4 is 33.8 Å². The summed E-state index contributed by atoms with van der Waals surface area (Å²) in [5, 5.41) is 0.602. The van der Waals surface area contributed by atoms with Crippen molar-refractivity contribution < 1.29 is 14.3 Å². The second kappa shape index (κ2) is 5.68. The van der Waals surface area contributed by atoms with E-state index in [9.17, 15) is 9.59 Å². The van der Waals surface area contributed by atoms with Crippen molar-refractivity contribution in [3.8, 4) is 0 Å². The van der Waals surface area contributed by atoms with Crippen molar-refractivity contribution in [1.82, 2.24) is 0 Å². The number of amides is 2. The number of ether oxygens (including phenoxy) is 1. The van der Waals surface area contributed by atoms with Crippen LogP contribution in [0.4, 0.5) is 10.7 Å². The number of methoxy groups -OCH3 is 1. The average Bonchev–Trinajstić information content (AvgIpc) is 2.76. The van der Waals surface area contributed by atoms with Gasteiger partial charge in [0.2, 0.25) is 0 Å². The largest absolute Gasteiger partial charge is 0.397 e. The van der Waals surface area contributed by atoms with Gasteiger partial charge in [-0.1, -0.05) is 0 Å². The predicted molar refractivity (Wildman–Crippen MR) is 78.0 cm³/mol. The lowest BCUT2D eigenvalue weighted by molar-refractivity contribution is 0.0892. The van der Waals surface area contributed by atoms with Crippen LogP contribution in [-0.2, 0) is 4.74 Å². The molecule has 1 saturated heterocycles. The topological polar surface area (TPSA) is 125 Å². The number of piperidine rings is 1. The van der Waals surface area contributed by atoms with Crippen LogP contribution in [0.25, 0.3) is 0 Å². The normalized spacial score (nSPS) is 19.1. The van der Waals surface area contributed by atoms with E-state index in [4.69, 9.17) is 21.9 Å². The summed E-state index contributed by atoms with van der Waals surface area (Å²) in [6.45, 7) is 1.40. The maximum Gasteiger partial charge on any atom is 0.260 e. The van der Waals surface area contributed by atoms with Gasteiger partial charge in [-0.25, -0.2) is 0 Å². The maximum atomic E-state index is 11.6. The molecule has 2 amide bonds. The summed E-state index contributed by atoms with van der Waals surface area (Å²) in [7, 11) is 1.65. The lowest BCUT2D eigenvalue weighted by Crippen LogP contribution is -2.39. The lowest BCUT2D eigenvalue weighted by atomic mass is 10.1. The molecule has 0 bridgehead atoms. The molecule has 1 fully saturated rings. The molecule has 0 spiro atoms. The lowest BCUT2D eigenvalue weighted by Gasteiger charge is -2.33. The summed E-state index contributed by atoms with van der Waals surface area (Å²) >= 11 is 1.11. The second-order valence-electron chi connectivity index (χ2n) is 4.70. The number of carbonyl (C=O) groups is 2. The summed E-state index contributed by atoms with van der Waals surface area (Å²) in [6, 6.07) is 0. The molecule has 2 heterocycles. The van der Waals surface area contributed by atoms with Gasteiger partial charge in [0, 0.05) is 20.2 Å². The fourth-order valence-corrected chi connectivity index (χ4v) is 3.50. The summed E-state index contributed by atoms with van der Waals surface area (Å²) in [5.41, 5.74) is 16.7. The Balaban J connectivity index is 2.42. The molecule has 110 valence electrons. The molecule has 0 aliphatic carbocycles. The van der Waals surface area contributed by atoms with Gasteiger partial charge in [0.25, 0.3) is 11.8 Å². The zero-order valence-electron chi connectivity index (χ0n) is 11.2. The number of primary amides is 2. The summed E-state index contributed by atoms with van der Waals surface area (Å²) < 4.78 is 5.35. The van der Waals surface area contributed by atoms with Crippen LogP contribution in [0, 0.1) is 0 Å². The number of hydrogen-bond donors (Lipinski definition) is 3. The summed E-state index contributed by atoms with van der Waals surface area (Å²) in [5.74, 6) is -1.30. The third kappa shape index (κ3) is 2.56. The maximum absolute atomic E-state index is 11.6. The Bertz CT molecular complexity index is 543. The van der Waals surface area contributed by atoms with Gasteiger partial charge < -0.3 is 26.8 Å². The van der Waals surface area contributed by atoms with Gasteiger partial charge >= 0.3 is 0 Å². The van der Waals surface area contributed by atoms with Crippen molar-refractivity contribution in [2.24, 2.45) is 11.5 Å². The fourth-order valence-electron chi connectivity index (χ4n) is 2.39. The van der Waals surface area contributed by atoms with Crippen LogP contribution in [0.3, 0.4) is 0 Å². The summed E-state index contributed by atoms with van der Waals surface area (Å²) in [6.07, 6.45) is 1.98. The minimum absolute atomic E-state index is 0.0736. The van der Waals surface area contributed by atoms with Crippen molar-refractivity contribution in [3.63, 3.8) is 0 Å². The van der Waals surface area contributed by atoms with Crippen molar-refractivity contribution in [2.45, 2.75) is 18.9 Å². The van der Waals surface area contributed by atoms with Crippen molar-refractivity contribution in [1.29, 1.82) is 0 Å². The van der Waals surface area contributed by atoms with E-state index in [0.717, 1.165) is 30.7 Å². The Kier molecular flexibility index (Phi) is 4.15. The molecule has 1 aliphatic rings. The van der Waals surface area contributed by atoms with E-state index in [-0.39, 0.29) is 22.2 Å². The Morgan fingerprint density at radius 1 is 1.35 bits per heavy atom. The Morgan fingerprint density at radius 2 is 2.05 bits per heavy atom. The van der Waals surface area contributed by atoms with Crippen molar-refractivity contribution in [3.05, 3.63) is 10.4 Å². The molecule has 0 saturated carbocycles. The number of nitrogens with zero attached hydrogens (tertiary/aromatic N) is 1. The van der Waals surface area contributed by atoms with Crippen LogP contribution in [-0.4, -0.2) is 38.1 Å². The zero-order chi connectivity index (χ0) is 14.9. The minimum atomic E-state index is -0.652. The molecular formula is C12H18N4O3S. The molecule has 0 radical (unpaired) electrons. The third-order valence-electron chi connectivity index (χ3n) is 3.40. The SMILES string of the molecule is COC1CCCN(c2sc(C(N)=O)c(N)c2C(N)=O)C1. The number of thiophene rings is 1. The van der Waals surface area contributed by atoms with Crippen LogP contribution in [0.15, 0.2) is 0 Å². The highest BCUT2D eigenvalue weighted by Gasteiger charge is 2.29. The molecule has 7 nitrogen and oxygen atoms in total. The number of nitrogens with two attached hydrogens (primary N) is 3. The Labute approximate surface area is 120 Å². The van der Waals surface area contributed by atoms with Gasteiger partial charge in [-0.2, -0.15) is 0 Å². The van der Waals surface area contributed by atoms with Crippen LogP contribution in [0.5, 0.6) is 0 Å². The van der Waals surface area contributed by atoms with E-state index in [1.54, 1.807) is 7.11 Å². The number of rotatable bonds is 4. The number of carbonyl (C=O) groups excluding carboxylic acids is 2. The van der Waals surface area contributed by atoms with Crippen molar-refractivity contribution in [2.75, 3.05) is 30.8 Å². The molecule has 1 aromatic rings. The highest BCUT2D eigenvalue weighted by molar-refractivity contribution is 7.19. The van der Waals surface area contributed by atoms with Gasteiger partial charge in [-0.05, 0) is 12.8 Å². The smallest absolute Gasteiger partial charge is 0.260 e. The zero-order valence-corrected chi connectivity index (χ0v) is 12.0. The Morgan fingerprint density at radius 3 is 2.60 bits per heavy atom. The van der Waals surface area contributed by atoms with Crippen LogP contribution >= 0.6 is 11.3 Å². The molecule has 2 rings (SSSR count). The van der Waals surface area contributed by atoms with E-state index < -0.39 is 11.8 Å². The molecule has 20 heavy (non-hydrogen) atoms. The number of anilines is 2. The first kappa shape index (κ1) is 14.6. The number of hydrogen-bond acceptors (Lipinski definition) is 6. The quantitative estimate of drug-likeness (QED) is 0.729. The predicted octanol–water partition coefficient (Wildman–Crippen LogP) is 0.143. The first-order valence-corrected chi connectivity index (χ1v) is 7.07. The standard InChI is InChI=1S/C12H18N4O3S/c1-19-6-3-2-4-16(5-6)12-7(10(14)17)8(13)9(20-12)11(15)18/h6H,2-5,13H2,1H3,(H2,14,17)(H2,15,18). The average molecular weight is 298 g/mol. The molecular weight excluding hydrogens is 280 g/mol. The molecule has 8 heteroatoms. The van der Waals surface area contributed by atoms with Gasteiger partial charge in [0.1, 0.15) is 9.88 Å². The Hall–Kier alpha value is -1.80. The van der Waals surface area contributed by atoms with E-state index in [1.165, 1.54) is 0 Å². The fraction of sp³-hybridized carbons (Fsp3) is 0.500. The monoisotopic (exact) mass is 298 g/mol. The summed E-state index contributed by atoms with van der Waals surface area (Å²) in [4.78, 5) is 25.1. The van der Waals surface area contributed by atoms with E-state index in [1.807, 2.05) is 4.90 Å². The third-order valence-corrected chi connectivity index (χ3v) is 4.68. The minimum Gasteiger partial charge on any atom is -0.397 e. The van der Waals surface area contributed by atoms with Gasteiger partial charge in [0.05, 0.1) is 17.4 Å². The molecule has 1 unspecified atom stereocenters. The second-order valence-corrected chi connectivity index (χ2v) is 5.70. The van der Waals surface area contributed by atoms with Gasteiger partial charge in [-0.3, -0.25) is 9.59 Å². The first-order chi connectivity index (χ1) is 9.45. The van der Waals surface area contributed by atoms with Crippen LogP contribution in [0.2, 0.25) is 0 Å². The first-order valence-electron chi connectivity index (χ1n) is 6.25.